The monoisotopic (exact) mass is 280 g/mol. The van der Waals surface area contributed by atoms with Gasteiger partial charge in [-0.15, -0.1) is 0 Å². The van der Waals surface area contributed by atoms with E-state index in [1.165, 1.54) is 4.90 Å². The number of carbonyl (C=O) groups is 2. The van der Waals surface area contributed by atoms with Gasteiger partial charge in [0, 0.05) is 19.0 Å². The second-order valence-corrected chi connectivity index (χ2v) is 5.02. The van der Waals surface area contributed by atoms with Crippen LogP contribution < -0.4 is 5.32 Å². The molecule has 1 aromatic heterocycles. The van der Waals surface area contributed by atoms with Crippen LogP contribution in [0.2, 0.25) is 0 Å². The van der Waals surface area contributed by atoms with E-state index in [0.29, 0.717) is 13.0 Å². The summed E-state index contributed by atoms with van der Waals surface area (Å²) in [6, 6.07) is 3.39. The van der Waals surface area contributed by atoms with Crippen LogP contribution in [0.1, 0.15) is 31.4 Å². The van der Waals surface area contributed by atoms with E-state index in [9.17, 15) is 9.59 Å². The predicted octanol–water partition coefficient (Wildman–Crippen LogP) is 1.86. The molecule has 0 aromatic carbocycles. The first kappa shape index (κ1) is 14.4. The molecule has 1 heterocycles. The highest BCUT2D eigenvalue weighted by Gasteiger charge is 2.28. The van der Waals surface area contributed by atoms with Gasteiger partial charge in [-0.05, 0) is 25.0 Å². The molecule has 20 heavy (non-hydrogen) atoms. The summed E-state index contributed by atoms with van der Waals surface area (Å²) in [4.78, 5) is 24.5. The molecule has 0 radical (unpaired) electrons. The Morgan fingerprint density at radius 3 is 2.75 bits per heavy atom. The number of aliphatic carboxylic acids is 1. The van der Waals surface area contributed by atoms with Crippen LogP contribution in [0, 0.1) is 0 Å². The molecule has 0 atom stereocenters. The lowest BCUT2D eigenvalue weighted by Crippen LogP contribution is -2.48. The molecule has 110 valence electrons. The molecule has 0 aliphatic heterocycles. The molecule has 1 aliphatic carbocycles. The highest BCUT2D eigenvalue weighted by atomic mass is 16.4. The van der Waals surface area contributed by atoms with Crippen molar-refractivity contribution in [1.29, 1.82) is 0 Å². The first-order valence-electron chi connectivity index (χ1n) is 6.95. The van der Waals surface area contributed by atoms with E-state index in [0.717, 1.165) is 31.4 Å². The summed E-state index contributed by atoms with van der Waals surface area (Å²) in [5.74, 6) is -0.172. The highest BCUT2D eigenvalue weighted by Crippen LogP contribution is 2.23. The quantitative estimate of drug-likeness (QED) is 0.833. The van der Waals surface area contributed by atoms with Crippen LogP contribution in [-0.2, 0) is 11.2 Å². The fourth-order valence-electron chi connectivity index (χ4n) is 2.58. The van der Waals surface area contributed by atoms with Gasteiger partial charge in [0.2, 0.25) is 0 Å². The van der Waals surface area contributed by atoms with Crippen LogP contribution in [0.25, 0.3) is 0 Å². The number of hydrogen-bond acceptors (Lipinski definition) is 3. The van der Waals surface area contributed by atoms with E-state index >= 15 is 0 Å². The topological polar surface area (TPSA) is 82.8 Å². The van der Waals surface area contributed by atoms with Gasteiger partial charge in [-0.25, -0.2) is 4.79 Å². The number of nitrogens with one attached hydrogen (secondary N) is 1. The molecule has 2 amide bonds. The molecule has 1 aliphatic rings. The van der Waals surface area contributed by atoms with Gasteiger partial charge in [-0.2, -0.15) is 0 Å². The molecule has 0 bridgehead atoms. The lowest BCUT2D eigenvalue weighted by Gasteiger charge is -2.27. The number of urea groups is 1. The molecule has 0 spiro atoms. The number of furan rings is 1. The third-order valence-corrected chi connectivity index (χ3v) is 3.56. The van der Waals surface area contributed by atoms with Crippen LogP contribution in [0.5, 0.6) is 0 Å². The largest absolute Gasteiger partial charge is 0.480 e. The maximum Gasteiger partial charge on any atom is 0.323 e. The van der Waals surface area contributed by atoms with Crippen molar-refractivity contribution >= 4 is 12.0 Å². The summed E-state index contributed by atoms with van der Waals surface area (Å²) >= 11 is 0. The summed E-state index contributed by atoms with van der Waals surface area (Å²) in [6.07, 6.45) is 6.08. The van der Waals surface area contributed by atoms with Crippen molar-refractivity contribution in [3.8, 4) is 0 Å². The van der Waals surface area contributed by atoms with Gasteiger partial charge in [-0.3, -0.25) is 4.79 Å². The third-order valence-electron chi connectivity index (χ3n) is 3.56. The van der Waals surface area contributed by atoms with Crippen molar-refractivity contribution < 1.29 is 19.1 Å². The fourth-order valence-corrected chi connectivity index (χ4v) is 2.58. The average Bonchev–Trinajstić information content (AvgIpc) is 3.08. The van der Waals surface area contributed by atoms with Gasteiger partial charge in [0.15, 0.2) is 0 Å². The molecular formula is C14H20N2O4. The summed E-state index contributed by atoms with van der Waals surface area (Å²) in [5.41, 5.74) is 0. The second-order valence-electron chi connectivity index (χ2n) is 5.02. The molecule has 2 N–H and O–H groups in total. The van der Waals surface area contributed by atoms with Gasteiger partial charge < -0.3 is 19.7 Å². The van der Waals surface area contributed by atoms with Crippen molar-refractivity contribution in [2.45, 2.75) is 38.1 Å². The second kappa shape index (κ2) is 6.98. The smallest absolute Gasteiger partial charge is 0.323 e. The van der Waals surface area contributed by atoms with Crippen molar-refractivity contribution in [3.63, 3.8) is 0 Å². The Morgan fingerprint density at radius 1 is 1.40 bits per heavy atom. The molecular weight excluding hydrogens is 260 g/mol. The minimum atomic E-state index is -0.974. The maximum absolute atomic E-state index is 12.1. The molecule has 0 unspecified atom stereocenters. The molecule has 1 aromatic rings. The van der Waals surface area contributed by atoms with Crippen molar-refractivity contribution in [1.82, 2.24) is 10.2 Å². The predicted molar refractivity (Wildman–Crippen MR) is 72.4 cm³/mol. The lowest BCUT2D eigenvalue weighted by molar-refractivity contribution is -0.138. The Kier molecular flexibility index (Phi) is 5.03. The van der Waals surface area contributed by atoms with E-state index < -0.39 is 5.97 Å². The summed E-state index contributed by atoms with van der Waals surface area (Å²) in [6.45, 7) is 0.201. The number of hydrogen-bond donors (Lipinski definition) is 2. The number of carboxylic acid groups (broad SMARTS) is 1. The average molecular weight is 280 g/mol. The van der Waals surface area contributed by atoms with Crippen molar-refractivity contribution in [2.24, 2.45) is 0 Å². The summed E-state index contributed by atoms with van der Waals surface area (Å²) < 4.78 is 5.18. The Labute approximate surface area is 117 Å². The Balaban J connectivity index is 1.83. The highest BCUT2D eigenvalue weighted by molar-refractivity contribution is 5.80. The van der Waals surface area contributed by atoms with Gasteiger partial charge in [-0.1, -0.05) is 12.8 Å². The molecule has 1 fully saturated rings. The number of carbonyl (C=O) groups excluding carboxylic acids is 1. The summed E-state index contributed by atoms with van der Waals surface area (Å²) in [5, 5.41) is 11.7. The Morgan fingerprint density at radius 2 is 2.15 bits per heavy atom. The van der Waals surface area contributed by atoms with E-state index in [1.807, 2.05) is 6.07 Å². The third kappa shape index (κ3) is 4.01. The Bertz CT molecular complexity index is 438. The van der Waals surface area contributed by atoms with Crippen LogP contribution in [0.4, 0.5) is 4.79 Å². The van der Waals surface area contributed by atoms with Gasteiger partial charge in [0.05, 0.1) is 6.26 Å². The molecule has 1 saturated carbocycles. The minimum Gasteiger partial charge on any atom is -0.480 e. The van der Waals surface area contributed by atoms with E-state index in [4.69, 9.17) is 9.52 Å². The molecule has 0 saturated heterocycles. The Hall–Kier alpha value is -1.98. The van der Waals surface area contributed by atoms with Crippen LogP contribution >= 0.6 is 0 Å². The van der Waals surface area contributed by atoms with E-state index in [-0.39, 0.29) is 18.6 Å². The zero-order valence-corrected chi connectivity index (χ0v) is 11.4. The first-order chi connectivity index (χ1) is 9.66. The van der Waals surface area contributed by atoms with Gasteiger partial charge >= 0.3 is 12.0 Å². The molecule has 6 heteroatoms. The minimum absolute atomic E-state index is 0.0507. The lowest BCUT2D eigenvalue weighted by atomic mass is 10.2. The maximum atomic E-state index is 12.1. The number of rotatable bonds is 6. The fraction of sp³-hybridized carbons (Fsp3) is 0.571. The number of amides is 2. The van der Waals surface area contributed by atoms with Gasteiger partial charge in [0.1, 0.15) is 12.3 Å². The van der Waals surface area contributed by atoms with Crippen LogP contribution in [-0.4, -0.2) is 41.1 Å². The zero-order chi connectivity index (χ0) is 14.4. The molecule has 2 rings (SSSR count). The standard InChI is InChI=1S/C14H20N2O4/c17-13(18)10-16(11-4-1-2-5-11)14(19)15-8-7-12-6-3-9-20-12/h3,6,9,11H,1-2,4-5,7-8,10H2,(H,15,19)(H,17,18). The van der Waals surface area contributed by atoms with E-state index in [1.54, 1.807) is 12.3 Å². The van der Waals surface area contributed by atoms with Crippen LogP contribution in [0.3, 0.4) is 0 Å². The first-order valence-corrected chi connectivity index (χ1v) is 6.95. The normalized spacial score (nSPS) is 15.2. The molecule has 6 nitrogen and oxygen atoms in total. The van der Waals surface area contributed by atoms with Crippen LogP contribution in [0.15, 0.2) is 22.8 Å². The zero-order valence-electron chi connectivity index (χ0n) is 11.4. The number of carboxylic acids is 1. The number of nitrogens with zero attached hydrogens (tertiary/aromatic N) is 1. The summed E-state index contributed by atoms with van der Waals surface area (Å²) in [7, 11) is 0. The van der Waals surface area contributed by atoms with Crippen molar-refractivity contribution in [2.75, 3.05) is 13.1 Å². The van der Waals surface area contributed by atoms with Crippen molar-refractivity contribution in [3.05, 3.63) is 24.2 Å². The van der Waals surface area contributed by atoms with E-state index in [2.05, 4.69) is 5.32 Å². The van der Waals surface area contributed by atoms with Gasteiger partial charge in [0.25, 0.3) is 0 Å². The SMILES string of the molecule is O=C(O)CN(C(=O)NCCc1ccco1)C1CCCC1.